The number of benzene rings is 3. The number of unbranched alkanes of at least 4 members (excludes halogenated alkanes) is 1. The Bertz CT molecular complexity index is 4400. The van der Waals surface area contributed by atoms with Gasteiger partial charge in [0.2, 0.25) is 41.4 Å². The van der Waals surface area contributed by atoms with Gasteiger partial charge in [0, 0.05) is 82.2 Å². The number of aliphatic carboxylic acids is 3. The highest BCUT2D eigenvalue weighted by molar-refractivity contribution is 8.00. The number of carboxylic acid groups (broad SMARTS) is 3. The standard InChI is InChI=1S/C91H127N9O30S/c1-8-51(4)83(78(114)38-59(32-56-19-24-63(105)25-20-56)86(124)95-70(31-50(2)3)74(110)36-60(40-81(118)119)85(123)94-52(5)15-12-13-29-92)99-88(126)62(45-101)39-75(111)71(34-57-21-26-64(106)27-22-57)96-87(125)61(41-82(120)121)37-76(112)73(46-102)98-90(128)69(54(7)104)43-77(113)72(33-55-16-10-9-11-17-55)97-89(127)68(53(6)103)42-66(108)44-93-84(122)58(23-28-80(116)117)35-67(109)49-131-48-65(107)18-14-30-100-79(115)47-130-91(100)129/h9-11,16-17,19-22,24-27,50-54,58-62,68-73,83,101-106H,8,12-15,18,23,28-49,92H2,1-7H3,(H,93,122)(H,94,123)(H,95,124)(H,96,125)(H,97,127)(H,98,128)(H,99,126)(H,116,117)(H,118,119)(H,120,121)/t51-,52+,53+,54+,58+,59+,60-,61-,62-,68-,69-,70-,71-,72-,73-,83-/m0/s1. The number of Topliss-reactive ketones (excluding diaryl/α,β-unsaturated/α-hetero) is 8. The first-order chi connectivity index (χ1) is 61.9. The monoisotopic (exact) mass is 1860 g/mol. The van der Waals surface area contributed by atoms with Gasteiger partial charge < -0.3 is 93.6 Å². The smallest absolute Gasteiger partial charge is 0.417 e. The summed E-state index contributed by atoms with van der Waals surface area (Å²) < 4.78 is 4.64. The van der Waals surface area contributed by atoms with Crippen LogP contribution in [0.2, 0.25) is 0 Å². The molecular formula is C91H127N9O30S. The minimum Gasteiger partial charge on any atom is -0.508 e. The minimum atomic E-state index is -2.00. The third-order valence-electron chi connectivity index (χ3n) is 22.4. The minimum absolute atomic E-state index is 0.0227. The fourth-order valence-corrected chi connectivity index (χ4v) is 15.4. The maximum atomic E-state index is 14.8. The van der Waals surface area contributed by atoms with Crippen LogP contribution in [0.1, 0.15) is 181 Å². The molecule has 1 aliphatic rings. The number of hydrogen-bond donors (Lipinski definition) is 17. The van der Waals surface area contributed by atoms with Crippen molar-refractivity contribution in [2.24, 2.45) is 59.0 Å². The number of thioether (sulfide) groups is 1. The Morgan fingerprint density at radius 3 is 1.44 bits per heavy atom. The Morgan fingerprint density at radius 2 is 0.924 bits per heavy atom. The summed E-state index contributed by atoms with van der Waals surface area (Å²) in [5.41, 5.74) is 6.76. The van der Waals surface area contributed by atoms with Crippen LogP contribution in [0, 0.1) is 53.3 Å². The lowest BCUT2D eigenvalue weighted by Gasteiger charge is -2.28. The molecule has 3 aromatic carbocycles. The molecule has 131 heavy (non-hydrogen) atoms. The second-order valence-corrected chi connectivity index (χ2v) is 34.8. The van der Waals surface area contributed by atoms with Gasteiger partial charge in [-0.25, -0.2) is 9.69 Å². The molecule has 3 aromatic rings. The van der Waals surface area contributed by atoms with Crippen molar-refractivity contribution < 1.29 is 147 Å². The lowest BCUT2D eigenvalue weighted by molar-refractivity contribution is -0.143. The molecule has 1 fully saturated rings. The van der Waals surface area contributed by atoms with E-state index in [0.717, 1.165) is 30.5 Å². The summed E-state index contributed by atoms with van der Waals surface area (Å²) in [7, 11) is 0. The van der Waals surface area contributed by atoms with Crippen LogP contribution >= 0.6 is 11.8 Å². The predicted molar refractivity (Wildman–Crippen MR) is 471 cm³/mol. The molecule has 0 spiro atoms. The number of nitrogens with zero attached hydrogens (tertiary/aromatic N) is 1. The summed E-state index contributed by atoms with van der Waals surface area (Å²) in [5.74, 6) is -30.9. The first-order valence-electron chi connectivity index (χ1n) is 43.7. The van der Waals surface area contributed by atoms with Crippen molar-refractivity contribution >= 4 is 129 Å². The van der Waals surface area contributed by atoms with Crippen molar-refractivity contribution in [3.8, 4) is 11.5 Å². The summed E-state index contributed by atoms with van der Waals surface area (Å²) in [6, 6.07) is 10.3. The van der Waals surface area contributed by atoms with Crippen LogP contribution in [-0.2, 0) is 115 Å². The zero-order valence-corrected chi connectivity index (χ0v) is 75.7. The van der Waals surface area contributed by atoms with Crippen molar-refractivity contribution in [2.75, 3.05) is 51.0 Å². The highest BCUT2D eigenvalue weighted by Gasteiger charge is 2.41. The third kappa shape index (κ3) is 40.8. The van der Waals surface area contributed by atoms with Gasteiger partial charge in [-0.1, -0.05) is 95.1 Å². The Labute approximate surface area is 763 Å². The van der Waals surface area contributed by atoms with Gasteiger partial charge in [-0.05, 0) is 131 Å². The molecule has 0 aromatic heterocycles. The third-order valence-corrected chi connectivity index (χ3v) is 23.4. The number of aliphatic hydroxyl groups is 4. The number of ether oxygens (including phenoxy) is 1. The van der Waals surface area contributed by atoms with E-state index in [4.69, 9.17) is 5.73 Å². The van der Waals surface area contributed by atoms with Gasteiger partial charge in [-0.3, -0.25) is 91.1 Å². The first kappa shape index (κ1) is 112. The largest absolute Gasteiger partial charge is 0.508 e. The fraction of sp³-hybridized carbons (Fsp3) is 0.582. The predicted octanol–water partition coefficient (Wildman–Crippen LogP) is 2.04. The van der Waals surface area contributed by atoms with Gasteiger partial charge in [-0.2, -0.15) is 0 Å². The summed E-state index contributed by atoms with van der Waals surface area (Å²) in [6.07, 6.45) is -11.0. The van der Waals surface area contributed by atoms with Crippen molar-refractivity contribution in [1.29, 1.82) is 0 Å². The quantitative estimate of drug-likeness (QED) is 0.0360. The Balaban J connectivity index is 1.53. The topological polar surface area (TPSA) is 646 Å². The van der Waals surface area contributed by atoms with E-state index in [1.807, 2.05) is 0 Å². The molecule has 18 N–H and O–H groups in total. The van der Waals surface area contributed by atoms with Crippen molar-refractivity contribution in [1.82, 2.24) is 42.1 Å². The molecule has 0 unspecified atom stereocenters. The molecule has 0 bridgehead atoms. The van der Waals surface area contributed by atoms with E-state index in [2.05, 4.69) is 42.0 Å². The number of hydrogen-bond acceptors (Lipinski definition) is 29. The van der Waals surface area contributed by atoms with Crippen LogP contribution in [0.5, 0.6) is 11.5 Å². The number of carbonyl (C=O) groups is 20. The molecule has 39 nitrogen and oxygen atoms in total. The molecule has 9 amide bonds. The molecule has 1 heterocycles. The van der Waals surface area contributed by atoms with Gasteiger partial charge in [0.1, 0.15) is 29.1 Å². The van der Waals surface area contributed by atoms with E-state index < -0.39 is 305 Å². The zero-order valence-electron chi connectivity index (χ0n) is 74.9. The van der Waals surface area contributed by atoms with Gasteiger partial charge >= 0.3 is 24.0 Å². The molecule has 0 saturated carbocycles. The number of phenolic OH excluding ortho intramolecular Hbond substituents is 2. The number of amides is 9. The fourth-order valence-electron chi connectivity index (χ4n) is 14.6. The number of rotatable bonds is 67. The van der Waals surface area contributed by atoms with E-state index in [-0.39, 0.29) is 91.8 Å². The van der Waals surface area contributed by atoms with Crippen LogP contribution in [0.25, 0.3) is 0 Å². The molecule has 0 aliphatic carbocycles. The number of nitrogens with two attached hydrogens (primary N) is 1. The SMILES string of the molecule is CC[C@H](C)[C@H](NC(=O)[C@H](CO)CC(=O)[C@H](Cc1ccc(O)cc1)NC(=O)[C@H](CC(=O)O)CC(=O)[C@H](CO)NC(=O)[C@@H](CC(=O)[C@H](Cc1ccccc1)NC(=O)[C@@H](CC(=O)CNC(=O)[C@H](CCC(=O)O)CC(=O)CSCC(=O)CCCN1C(=O)COC1=O)[C@@H](C)O)[C@@H](C)O)C(=O)C[C@@H](Cc1ccc(O)cc1)C(=O)N[C@@H](CC(C)C)C(=O)C[C@@H](CC(=O)O)C(=O)N[C@H](C)CCCCN. The number of cyclic esters (lactones) is 1. The van der Waals surface area contributed by atoms with Crippen molar-refractivity contribution in [3.63, 3.8) is 0 Å². The maximum absolute atomic E-state index is 14.8. The number of nitrogens with one attached hydrogen (secondary N) is 7. The highest BCUT2D eigenvalue weighted by Crippen LogP contribution is 2.27. The highest BCUT2D eigenvalue weighted by atomic mass is 32.2. The maximum Gasteiger partial charge on any atom is 0.417 e. The van der Waals surface area contributed by atoms with Crippen molar-refractivity contribution in [2.45, 2.75) is 232 Å². The van der Waals surface area contributed by atoms with Crippen molar-refractivity contribution in [3.05, 3.63) is 95.6 Å². The van der Waals surface area contributed by atoms with Crippen LogP contribution in [0.15, 0.2) is 78.9 Å². The number of carboxylic acids is 3. The van der Waals surface area contributed by atoms with E-state index in [1.54, 1.807) is 65.0 Å². The van der Waals surface area contributed by atoms with E-state index in [9.17, 15) is 142 Å². The Kier molecular flexibility index (Phi) is 49.1. The summed E-state index contributed by atoms with van der Waals surface area (Å²) in [5, 5.41) is 111. The number of ketones is 8. The van der Waals surface area contributed by atoms with Crippen LogP contribution in [0.4, 0.5) is 4.79 Å². The molecule has 0 radical (unpaired) electrons. The number of aliphatic hydroxyl groups excluding tert-OH is 4. The normalized spacial score (nSPS) is 15.6. The average Bonchev–Trinajstić information content (AvgIpc) is 1.01. The number of imide groups is 1. The zero-order chi connectivity index (χ0) is 97.9. The molecular weight excluding hydrogens is 1730 g/mol. The summed E-state index contributed by atoms with van der Waals surface area (Å²) in [4.78, 5) is 271. The van der Waals surface area contributed by atoms with E-state index in [0.29, 0.717) is 36.9 Å². The Hall–Kier alpha value is -11.6. The van der Waals surface area contributed by atoms with Gasteiger partial charge in [0.15, 0.2) is 41.3 Å². The molecule has 4 rings (SSSR count). The first-order valence-corrected chi connectivity index (χ1v) is 44.9. The molecule has 1 saturated heterocycles. The second kappa shape index (κ2) is 57.6. The summed E-state index contributed by atoms with van der Waals surface area (Å²) in [6.45, 7) is 7.64. The Morgan fingerprint density at radius 1 is 0.450 bits per heavy atom. The number of aromatic hydroxyl groups is 2. The van der Waals surface area contributed by atoms with E-state index in [1.165, 1.54) is 48.5 Å². The second-order valence-electron chi connectivity index (χ2n) is 33.8. The van der Waals surface area contributed by atoms with Crippen LogP contribution in [0.3, 0.4) is 0 Å². The number of carbonyl (C=O) groups excluding carboxylic acids is 17. The molecule has 16 atom stereocenters. The molecule has 722 valence electrons. The number of phenols is 2. The van der Waals surface area contributed by atoms with Crippen LogP contribution < -0.4 is 43.0 Å². The average molecular weight is 1860 g/mol. The molecule has 1 aliphatic heterocycles. The van der Waals surface area contributed by atoms with Gasteiger partial charge in [0.25, 0.3) is 5.91 Å². The van der Waals surface area contributed by atoms with Crippen LogP contribution in [-0.4, -0.2) is 268 Å². The van der Waals surface area contributed by atoms with Gasteiger partial charge in [-0.15, -0.1) is 11.8 Å². The summed E-state index contributed by atoms with van der Waals surface area (Å²) >= 11 is 0.915. The lowest BCUT2D eigenvalue weighted by Crippen LogP contribution is -2.52. The van der Waals surface area contributed by atoms with Gasteiger partial charge in [0.05, 0.1) is 110 Å². The molecule has 40 heteroatoms. The lowest BCUT2D eigenvalue weighted by atomic mass is 9.85. The van der Waals surface area contributed by atoms with E-state index >= 15 is 0 Å².